The van der Waals surface area contributed by atoms with Crippen molar-refractivity contribution in [3.8, 4) is 22.5 Å². The summed E-state index contributed by atoms with van der Waals surface area (Å²) in [7, 11) is 1.74. The molecule has 0 bridgehead atoms. The molecule has 1 aliphatic carbocycles. The topological polar surface area (TPSA) is 141 Å². The van der Waals surface area contributed by atoms with Crippen molar-refractivity contribution in [2.24, 2.45) is 0 Å². The van der Waals surface area contributed by atoms with Crippen molar-refractivity contribution in [2.75, 3.05) is 12.4 Å². The Hall–Kier alpha value is -3.60. The van der Waals surface area contributed by atoms with Crippen molar-refractivity contribution in [1.29, 1.82) is 0 Å². The van der Waals surface area contributed by atoms with Crippen LogP contribution in [0.25, 0.3) is 28.7 Å². The number of anilines is 1. The number of nitrogens with zero attached hydrogens (tertiary/aromatic N) is 3. The van der Waals surface area contributed by atoms with E-state index in [1.54, 1.807) is 48.3 Å². The number of nitrogens with one attached hydrogen (secondary N) is 1. The molecule has 10 heteroatoms. The smallest absolute Gasteiger partial charge is 0.305 e. The van der Waals surface area contributed by atoms with Crippen molar-refractivity contribution in [1.82, 2.24) is 14.5 Å². The molecule has 0 radical (unpaired) electrons. The first-order valence-electron chi connectivity index (χ1n) is 11.2. The number of carboxylic acid groups (broad SMARTS) is 1. The average Bonchev–Trinajstić information content (AvgIpc) is 3.44. The average molecular weight is 483 g/mol. The normalized spacial score (nSPS) is 16.3. The lowest BCUT2D eigenvalue weighted by atomic mass is 10.1. The fourth-order valence-electron chi connectivity index (χ4n) is 3.88. The number of aliphatic carboxylic acids is 1. The number of benzene rings is 1. The standard InChI is InChI=1S/C25H27FN4O5/c1-27-20-12-16(6-10-28-20)22-23(15-2-4-17(26)5-3-15)30(24(29-22)25(35)8-9-25)11-7-18(31)13-19(32)14-21(33)34/h2-7,10-12,18-19,31-32,35H,8-9,13-14H2,1H3,(H,27,28)(H,33,34)/b11-7+. The molecule has 1 saturated carbocycles. The number of carboxylic acids is 1. The van der Waals surface area contributed by atoms with E-state index in [1.165, 1.54) is 18.2 Å². The summed E-state index contributed by atoms with van der Waals surface area (Å²) in [6.07, 6.45) is 2.58. The summed E-state index contributed by atoms with van der Waals surface area (Å²) in [4.78, 5) is 19.8. The van der Waals surface area contributed by atoms with Crippen LogP contribution in [0, 0.1) is 5.82 Å². The van der Waals surface area contributed by atoms with E-state index in [9.17, 15) is 24.5 Å². The van der Waals surface area contributed by atoms with Gasteiger partial charge in [0.15, 0.2) is 0 Å². The molecule has 0 saturated heterocycles. The SMILES string of the molecule is CNc1cc(-c2nc(C3(O)CC3)n(/C=C/C(O)CC(O)CC(=O)O)c2-c2ccc(F)cc2)ccn1. The predicted molar refractivity (Wildman–Crippen MR) is 128 cm³/mol. The number of imidazole rings is 1. The summed E-state index contributed by atoms with van der Waals surface area (Å²) in [5.41, 5.74) is 1.32. The van der Waals surface area contributed by atoms with Crippen LogP contribution in [0.1, 0.15) is 31.5 Å². The highest BCUT2D eigenvalue weighted by Crippen LogP contribution is 2.47. The summed E-state index contributed by atoms with van der Waals surface area (Å²) in [5.74, 6) is -0.582. The number of rotatable bonds is 10. The number of pyridine rings is 1. The lowest BCUT2D eigenvalue weighted by molar-refractivity contribution is -0.139. The predicted octanol–water partition coefficient (Wildman–Crippen LogP) is 2.83. The van der Waals surface area contributed by atoms with Crippen LogP contribution in [-0.2, 0) is 10.4 Å². The first-order valence-corrected chi connectivity index (χ1v) is 11.2. The third kappa shape index (κ3) is 5.56. The van der Waals surface area contributed by atoms with E-state index in [4.69, 9.17) is 10.1 Å². The minimum Gasteiger partial charge on any atom is -0.481 e. The Labute approximate surface area is 201 Å². The van der Waals surface area contributed by atoms with Crippen molar-refractivity contribution >= 4 is 18.0 Å². The maximum Gasteiger partial charge on any atom is 0.305 e. The molecule has 5 N–H and O–H groups in total. The zero-order valence-corrected chi connectivity index (χ0v) is 19.1. The Bertz CT molecular complexity index is 1240. The van der Waals surface area contributed by atoms with Gasteiger partial charge in [0.25, 0.3) is 0 Å². The molecule has 2 heterocycles. The number of carbonyl (C=O) groups is 1. The van der Waals surface area contributed by atoms with Crippen molar-refractivity contribution < 1.29 is 29.6 Å². The molecule has 0 amide bonds. The van der Waals surface area contributed by atoms with Gasteiger partial charge < -0.3 is 30.3 Å². The second kappa shape index (κ2) is 9.95. The van der Waals surface area contributed by atoms with Crippen LogP contribution >= 0.6 is 0 Å². The van der Waals surface area contributed by atoms with Crippen LogP contribution in [0.4, 0.5) is 10.2 Å². The van der Waals surface area contributed by atoms with Gasteiger partial charge in [0.1, 0.15) is 23.1 Å². The third-order valence-electron chi connectivity index (χ3n) is 5.84. The quantitative estimate of drug-likeness (QED) is 0.297. The van der Waals surface area contributed by atoms with Crippen molar-refractivity contribution in [2.45, 2.75) is 43.5 Å². The van der Waals surface area contributed by atoms with Gasteiger partial charge in [0.2, 0.25) is 0 Å². The van der Waals surface area contributed by atoms with Crippen molar-refractivity contribution in [3.05, 3.63) is 60.3 Å². The van der Waals surface area contributed by atoms with Crippen LogP contribution in [0.15, 0.2) is 48.7 Å². The molecule has 2 aromatic heterocycles. The number of aliphatic hydroxyl groups excluding tert-OH is 2. The molecular weight excluding hydrogens is 455 g/mol. The van der Waals surface area contributed by atoms with E-state index in [1.807, 2.05) is 0 Å². The lowest BCUT2D eigenvalue weighted by Gasteiger charge is -2.14. The van der Waals surface area contributed by atoms with E-state index in [-0.39, 0.29) is 6.42 Å². The molecule has 1 fully saturated rings. The fraction of sp³-hybridized carbons (Fsp3) is 0.320. The molecule has 2 unspecified atom stereocenters. The lowest BCUT2D eigenvalue weighted by Crippen LogP contribution is -2.19. The summed E-state index contributed by atoms with van der Waals surface area (Å²) in [5, 5.41) is 43.1. The molecule has 35 heavy (non-hydrogen) atoms. The molecule has 1 aromatic carbocycles. The number of hydrogen-bond acceptors (Lipinski definition) is 7. The van der Waals surface area contributed by atoms with Crippen LogP contribution in [0.5, 0.6) is 0 Å². The number of halogens is 1. The Morgan fingerprint density at radius 1 is 1.23 bits per heavy atom. The van der Waals surface area contributed by atoms with Gasteiger partial charge in [-0.25, -0.2) is 14.4 Å². The second-order valence-corrected chi connectivity index (χ2v) is 8.62. The molecule has 2 atom stereocenters. The Kier molecular flexibility index (Phi) is 6.97. The van der Waals surface area contributed by atoms with E-state index < -0.39 is 36.0 Å². The molecule has 4 rings (SSSR count). The Morgan fingerprint density at radius 2 is 1.94 bits per heavy atom. The van der Waals surface area contributed by atoms with Gasteiger partial charge in [-0.3, -0.25) is 4.79 Å². The number of aliphatic hydroxyl groups is 3. The fourth-order valence-corrected chi connectivity index (χ4v) is 3.88. The molecule has 0 spiro atoms. The van der Waals surface area contributed by atoms with E-state index >= 15 is 0 Å². The molecular formula is C25H27FN4O5. The maximum absolute atomic E-state index is 13.7. The Balaban J connectivity index is 1.83. The number of hydrogen-bond donors (Lipinski definition) is 5. The molecule has 184 valence electrons. The summed E-state index contributed by atoms with van der Waals surface area (Å²) >= 11 is 0. The zero-order chi connectivity index (χ0) is 25.2. The molecule has 0 aliphatic heterocycles. The van der Waals surface area contributed by atoms with Crippen LogP contribution < -0.4 is 5.32 Å². The van der Waals surface area contributed by atoms with Gasteiger partial charge in [-0.15, -0.1) is 0 Å². The highest BCUT2D eigenvalue weighted by atomic mass is 19.1. The summed E-state index contributed by atoms with van der Waals surface area (Å²) in [6, 6.07) is 9.45. The monoisotopic (exact) mass is 482 g/mol. The minimum absolute atomic E-state index is 0.175. The van der Waals surface area contributed by atoms with Gasteiger partial charge in [0.05, 0.1) is 30.0 Å². The third-order valence-corrected chi connectivity index (χ3v) is 5.84. The first-order chi connectivity index (χ1) is 16.7. The minimum atomic E-state index is -1.22. The number of aromatic nitrogens is 3. The second-order valence-electron chi connectivity index (χ2n) is 8.62. The van der Waals surface area contributed by atoms with Crippen molar-refractivity contribution in [3.63, 3.8) is 0 Å². The highest BCUT2D eigenvalue weighted by Gasteiger charge is 2.47. The highest BCUT2D eigenvalue weighted by molar-refractivity contribution is 5.81. The van der Waals surface area contributed by atoms with Crippen LogP contribution in [0.2, 0.25) is 0 Å². The first kappa shape index (κ1) is 24.5. The van der Waals surface area contributed by atoms with Gasteiger partial charge in [0, 0.05) is 37.0 Å². The van der Waals surface area contributed by atoms with Crippen LogP contribution in [0.3, 0.4) is 0 Å². The zero-order valence-electron chi connectivity index (χ0n) is 19.1. The van der Waals surface area contributed by atoms with E-state index in [0.29, 0.717) is 41.4 Å². The van der Waals surface area contributed by atoms with E-state index in [2.05, 4.69) is 10.3 Å². The Morgan fingerprint density at radius 3 is 2.57 bits per heavy atom. The largest absolute Gasteiger partial charge is 0.481 e. The molecule has 9 nitrogen and oxygen atoms in total. The van der Waals surface area contributed by atoms with E-state index in [0.717, 1.165) is 5.56 Å². The maximum atomic E-state index is 13.7. The van der Waals surface area contributed by atoms with Gasteiger partial charge in [-0.2, -0.15) is 0 Å². The van der Waals surface area contributed by atoms with Gasteiger partial charge in [-0.05, 0) is 55.3 Å². The van der Waals surface area contributed by atoms with Gasteiger partial charge >= 0.3 is 5.97 Å². The van der Waals surface area contributed by atoms with Gasteiger partial charge in [-0.1, -0.05) is 0 Å². The van der Waals surface area contributed by atoms with Crippen LogP contribution in [-0.4, -0.2) is 60.2 Å². The summed E-state index contributed by atoms with van der Waals surface area (Å²) < 4.78 is 15.4. The molecule has 3 aromatic rings. The summed E-state index contributed by atoms with van der Waals surface area (Å²) in [6.45, 7) is 0. The molecule has 1 aliphatic rings.